The summed E-state index contributed by atoms with van der Waals surface area (Å²) in [7, 11) is 0. The number of carbonyl (C=O) groups is 2. The number of aliphatic carboxylic acids is 1. The van der Waals surface area contributed by atoms with E-state index in [4.69, 9.17) is 9.63 Å². The highest BCUT2D eigenvalue weighted by atomic mass is 16.5. The summed E-state index contributed by atoms with van der Waals surface area (Å²) in [4.78, 5) is 21.7. The number of aromatic nitrogens is 1. The molecular weight excluding hydrogens is 238 g/mol. The number of carbonyl (C=O) groups excluding carboxylic acids is 1. The molecule has 0 saturated heterocycles. The largest absolute Gasteiger partial charge is 0.481 e. The molecule has 3 N–H and O–H groups in total. The van der Waals surface area contributed by atoms with E-state index in [2.05, 4.69) is 15.8 Å². The SMILES string of the molecule is Cc1cc(NC(=O)CCNCCCC(=O)O)no1. The van der Waals surface area contributed by atoms with Crippen LogP contribution < -0.4 is 10.6 Å². The van der Waals surface area contributed by atoms with Gasteiger partial charge >= 0.3 is 5.97 Å². The van der Waals surface area contributed by atoms with Gasteiger partial charge in [0.25, 0.3) is 0 Å². The maximum atomic E-state index is 11.4. The van der Waals surface area contributed by atoms with Crippen LogP contribution in [0.15, 0.2) is 10.6 Å². The summed E-state index contributed by atoms with van der Waals surface area (Å²) in [5.41, 5.74) is 0. The van der Waals surface area contributed by atoms with Gasteiger partial charge in [-0.05, 0) is 19.9 Å². The van der Waals surface area contributed by atoms with Gasteiger partial charge in [0, 0.05) is 25.5 Å². The van der Waals surface area contributed by atoms with Gasteiger partial charge in [0.05, 0.1) is 0 Å². The Labute approximate surface area is 105 Å². The molecule has 0 aromatic carbocycles. The molecule has 0 aliphatic heterocycles. The van der Waals surface area contributed by atoms with Gasteiger partial charge in [0.15, 0.2) is 5.82 Å². The van der Waals surface area contributed by atoms with E-state index in [-0.39, 0.29) is 12.3 Å². The van der Waals surface area contributed by atoms with Crippen molar-refractivity contribution in [2.45, 2.75) is 26.2 Å². The van der Waals surface area contributed by atoms with E-state index in [1.807, 2.05) is 0 Å². The molecule has 0 aliphatic carbocycles. The minimum absolute atomic E-state index is 0.136. The molecule has 0 unspecified atom stereocenters. The second kappa shape index (κ2) is 7.44. The van der Waals surface area contributed by atoms with Crippen LogP contribution in [0.4, 0.5) is 5.82 Å². The first kappa shape index (κ1) is 14.2. The molecule has 0 aliphatic rings. The van der Waals surface area contributed by atoms with E-state index < -0.39 is 5.97 Å². The van der Waals surface area contributed by atoms with Crippen LogP contribution in [0.5, 0.6) is 0 Å². The first-order valence-electron chi connectivity index (χ1n) is 5.73. The number of nitrogens with zero attached hydrogens (tertiary/aromatic N) is 1. The Bertz CT molecular complexity index is 403. The highest BCUT2D eigenvalue weighted by Gasteiger charge is 2.05. The zero-order valence-electron chi connectivity index (χ0n) is 10.2. The Morgan fingerprint density at radius 3 is 2.78 bits per heavy atom. The summed E-state index contributed by atoms with van der Waals surface area (Å²) >= 11 is 0. The van der Waals surface area contributed by atoms with Crippen LogP contribution in [0.25, 0.3) is 0 Å². The Morgan fingerprint density at radius 1 is 1.39 bits per heavy atom. The molecule has 0 bridgehead atoms. The van der Waals surface area contributed by atoms with Gasteiger partial charge in [-0.2, -0.15) is 0 Å². The van der Waals surface area contributed by atoms with Crippen molar-refractivity contribution in [3.8, 4) is 0 Å². The quantitative estimate of drug-likeness (QED) is 0.592. The summed E-state index contributed by atoms with van der Waals surface area (Å²) in [5.74, 6) is 0.0745. The fourth-order valence-corrected chi connectivity index (χ4v) is 1.32. The topological polar surface area (TPSA) is 104 Å². The van der Waals surface area contributed by atoms with Crippen molar-refractivity contribution in [2.75, 3.05) is 18.4 Å². The minimum atomic E-state index is -0.809. The molecule has 0 atom stereocenters. The number of rotatable bonds is 8. The Kier molecular flexibility index (Phi) is 5.86. The van der Waals surface area contributed by atoms with Crippen molar-refractivity contribution < 1.29 is 19.2 Å². The lowest BCUT2D eigenvalue weighted by molar-refractivity contribution is -0.137. The van der Waals surface area contributed by atoms with Gasteiger partial charge < -0.3 is 20.3 Å². The number of amides is 1. The Balaban J connectivity index is 2.05. The highest BCUT2D eigenvalue weighted by molar-refractivity contribution is 5.89. The highest BCUT2D eigenvalue weighted by Crippen LogP contribution is 2.06. The van der Waals surface area contributed by atoms with Crippen LogP contribution in [0.3, 0.4) is 0 Å². The summed E-state index contributed by atoms with van der Waals surface area (Å²) in [6.45, 7) is 2.83. The van der Waals surface area contributed by atoms with Gasteiger partial charge in [-0.15, -0.1) is 0 Å². The van der Waals surface area contributed by atoms with Gasteiger partial charge in [-0.25, -0.2) is 0 Å². The molecule has 7 heteroatoms. The fourth-order valence-electron chi connectivity index (χ4n) is 1.32. The minimum Gasteiger partial charge on any atom is -0.481 e. The number of carboxylic acid groups (broad SMARTS) is 1. The molecule has 18 heavy (non-hydrogen) atoms. The van der Waals surface area contributed by atoms with Crippen molar-refractivity contribution in [1.29, 1.82) is 0 Å². The normalized spacial score (nSPS) is 10.3. The van der Waals surface area contributed by atoms with E-state index in [1.165, 1.54) is 0 Å². The Morgan fingerprint density at radius 2 is 2.17 bits per heavy atom. The molecule has 0 fully saturated rings. The molecular formula is C11H17N3O4. The van der Waals surface area contributed by atoms with Crippen LogP contribution in [-0.2, 0) is 9.59 Å². The van der Waals surface area contributed by atoms with Crippen molar-refractivity contribution >= 4 is 17.7 Å². The maximum absolute atomic E-state index is 11.4. The number of anilines is 1. The molecule has 1 amide bonds. The predicted molar refractivity (Wildman–Crippen MR) is 64.2 cm³/mol. The summed E-state index contributed by atoms with van der Waals surface area (Å²) in [6, 6.07) is 1.64. The third-order valence-corrected chi connectivity index (χ3v) is 2.17. The van der Waals surface area contributed by atoms with Crippen LogP contribution in [0.1, 0.15) is 25.0 Å². The molecule has 0 spiro atoms. The third-order valence-electron chi connectivity index (χ3n) is 2.17. The predicted octanol–water partition coefficient (Wildman–Crippen LogP) is 0.766. The second-order valence-electron chi connectivity index (χ2n) is 3.87. The Hall–Kier alpha value is -1.89. The molecule has 1 aromatic rings. The van der Waals surface area contributed by atoms with Crippen molar-refractivity contribution in [1.82, 2.24) is 10.5 Å². The van der Waals surface area contributed by atoms with E-state index in [9.17, 15) is 9.59 Å². The lowest BCUT2D eigenvalue weighted by atomic mass is 10.3. The maximum Gasteiger partial charge on any atom is 0.303 e. The van der Waals surface area contributed by atoms with E-state index >= 15 is 0 Å². The lowest BCUT2D eigenvalue weighted by Gasteiger charge is -2.03. The molecule has 1 heterocycles. The van der Waals surface area contributed by atoms with Crippen molar-refractivity contribution in [2.24, 2.45) is 0 Å². The second-order valence-corrected chi connectivity index (χ2v) is 3.87. The van der Waals surface area contributed by atoms with Crippen LogP contribution >= 0.6 is 0 Å². The molecule has 0 radical (unpaired) electrons. The van der Waals surface area contributed by atoms with Crippen LogP contribution in [0.2, 0.25) is 0 Å². The first-order chi connectivity index (χ1) is 8.58. The van der Waals surface area contributed by atoms with Crippen molar-refractivity contribution in [3.05, 3.63) is 11.8 Å². The average molecular weight is 255 g/mol. The molecule has 1 aromatic heterocycles. The average Bonchev–Trinajstić information content (AvgIpc) is 2.68. The number of aryl methyl sites for hydroxylation is 1. The smallest absolute Gasteiger partial charge is 0.303 e. The zero-order chi connectivity index (χ0) is 13.4. The lowest BCUT2D eigenvalue weighted by Crippen LogP contribution is -2.23. The molecule has 1 rings (SSSR count). The number of nitrogens with one attached hydrogen (secondary N) is 2. The first-order valence-corrected chi connectivity index (χ1v) is 5.73. The monoisotopic (exact) mass is 255 g/mol. The summed E-state index contributed by atoms with van der Waals surface area (Å²) in [6.07, 6.45) is 0.996. The van der Waals surface area contributed by atoms with Gasteiger partial charge in [0.2, 0.25) is 5.91 Å². The molecule has 0 saturated carbocycles. The van der Waals surface area contributed by atoms with Crippen LogP contribution in [-0.4, -0.2) is 35.2 Å². The third kappa shape index (κ3) is 6.00. The van der Waals surface area contributed by atoms with Crippen molar-refractivity contribution in [3.63, 3.8) is 0 Å². The van der Waals surface area contributed by atoms with Crippen LogP contribution in [0, 0.1) is 6.92 Å². The van der Waals surface area contributed by atoms with Gasteiger partial charge in [-0.3, -0.25) is 9.59 Å². The van der Waals surface area contributed by atoms with Gasteiger partial charge in [-0.1, -0.05) is 5.16 Å². The molecule has 100 valence electrons. The molecule has 7 nitrogen and oxygen atoms in total. The van der Waals surface area contributed by atoms with E-state index in [1.54, 1.807) is 13.0 Å². The standard InChI is InChI=1S/C11H17N3O4/c1-8-7-9(14-18-8)13-10(15)4-6-12-5-2-3-11(16)17/h7,12H,2-6H2,1H3,(H,16,17)(H,13,14,15). The number of hydrogen-bond donors (Lipinski definition) is 3. The number of hydrogen-bond acceptors (Lipinski definition) is 5. The summed E-state index contributed by atoms with van der Waals surface area (Å²) < 4.78 is 4.81. The summed E-state index contributed by atoms with van der Waals surface area (Å²) in [5, 5.41) is 17.6. The fraction of sp³-hybridized carbons (Fsp3) is 0.545. The van der Waals surface area contributed by atoms with E-state index in [0.29, 0.717) is 37.5 Å². The zero-order valence-corrected chi connectivity index (χ0v) is 10.2. The van der Waals surface area contributed by atoms with Gasteiger partial charge in [0.1, 0.15) is 5.76 Å². The van der Waals surface area contributed by atoms with E-state index in [0.717, 1.165) is 0 Å². The number of carboxylic acids is 1.